The van der Waals surface area contributed by atoms with E-state index in [-0.39, 0.29) is 0 Å². The molecule has 1 aliphatic heterocycles. The Morgan fingerprint density at radius 1 is 1.06 bits per heavy atom. The number of aliphatic hydroxyl groups is 1. The Hall–Kier alpha value is -0.160. The second-order valence-corrected chi connectivity index (χ2v) is 5.28. The maximum atomic E-state index is 9.04. The highest BCUT2D eigenvalue weighted by atomic mass is 16.3. The van der Waals surface area contributed by atoms with Crippen LogP contribution in [0.1, 0.15) is 26.2 Å². The van der Waals surface area contributed by atoms with E-state index in [2.05, 4.69) is 16.7 Å². The highest BCUT2D eigenvalue weighted by Gasteiger charge is 2.17. The summed E-state index contributed by atoms with van der Waals surface area (Å²) in [6.07, 6.45) is 3.70. The van der Waals surface area contributed by atoms with Gasteiger partial charge >= 0.3 is 0 Å². The second kappa shape index (κ2) is 8.86. The minimum atomic E-state index is 0.305. The standard InChI is InChI=1S/C13H29N3O/c1-13(12-17)11-16-9-7-15(8-10-16)6-4-2-3-5-14/h13,17H,2-12,14H2,1H3. The summed E-state index contributed by atoms with van der Waals surface area (Å²) in [4.78, 5) is 5.02. The average molecular weight is 243 g/mol. The Labute approximate surface area is 106 Å². The monoisotopic (exact) mass is 243 g/mol. The number of hydrogen-bond donors (Lipinski definition) is 2. The molecule has 1 atom stereocenters. The van der Waals surface area contributed by atoms with Gasteiger partial charge in [0.15, 0.2) is 0 Å². The van der Waals surface area contributed by atoms with E-state index in [0.29, 0.717) is 12.5 Å². The van der Waals surface area contributed by atoms with Crippen molar-refractivity contribution in [2.75, 3.05) is 52.4 Å². The van der Waals surface area contributed by atoms with Gasteiger partial charge in [-0.15, -0.1) is 0 Å². The van der Waals surface area contributed by atoms with Crippen molar-refractivity contribution in [3.8, 4) is 0 Å². The van der Waals surface area contributed by atoms with Crippen LogP contribution in [0.3, 0.4) is 0 Å². The molecule has 0 bridgehead atoms. The lowest BCUT2D eigenvalue weighted by molar-refractivity contribution is 0.104. The summed E-state index contributed by atoms with van der Waals surface area (Å²) in [5, 5.41) is 9.04. The first-order valence-electron chi connectivity index (χ1n) is 7.02. The van der Waals surface area contributed by atoms with Gasteiger partial charge in [-0.05, 0) is 31.8 Å². The Kier molecular flexibility index (Phi) is 7.77. The fourth-order valence-corrected chi connectivity index (χ4v) is 2.35. The molecule has 1 fully saturated rings. The maximum Gasteiger partial charge on any atom is 0.0468 e. The predicted octanol–water partition coefficient (Wildman–Crippen LogP) is 0.361. The largest absolute Gasteiger partial charge is 0.396 e. The third-order valence-electron chi connectivity index (χ3n) is 3.52. The fourth-order valence-electron chi connectivity index (χ4n) is 2.35. The molecule has 0 aromatic rings. The smallest absolute Gasteiger partial charge is 0.0468 e. The zero-order chi connectivity index (χ0) is 12.5. The fraction of sp³-hybridized carbons (Fsp3) is 1.00. The molecule has 1 rings (SSSR count). The van der Waals surface area contributed by atoms with Crippen molar-refractivity contribution in [1.82, 2.24) is 9.80 Å². The van der Waals surface area contributed by atoms with Gasteiger partial charge in [0.1, 0.15) is 0 Å². The average Bonchev–Trinajstić information content (AvgIpc) is 2.36. The van der Waals surface area contributed by atoms with Gasteiger partial charge in [0, 0.05) is 39.3 Å². The molecular weight excluding hydrogens is 214 g/mol. The number of nitrogens with two attached hydrogens (primary N) is 1. The van der Waals surface area contributed by atoms with E-state index in [9.17, 15) is 0 Å². The lowest BCUT2D eigenvalue weighted by Crippen LogP contribution is -2.47. The van der Waals surface area contributed by atoms with E-state index in [1.165, 1.54) is 32.5 Å². The Balaban J connectivity index is 2.05. The number of hydrogen-bond acceptors (Lipinski definition) is 4. The molecule has 0 aromatic carbocycles. The summed E-state index contributed by atoms with van der Waals surface area (Å²) in [7, 11) is 0. The lowest BCUT2D eigenvalue weighted by atomic mass is 10.1. The summed E-state index contributed by atoms with van der Waals surface area (Å²) in [5.74, 6) is 0.408. The van der Waals surface area contributed by atoms with Crippen molar-refractivity contribution >= 4 is 0 Å². The summed E-state index contributed by atoms with van der Waals surface area (Å²) in [6, 6.07) is 0. The molecule has 0 aliphatic carbocycles. The normalized spacial score (nSPS) is 20.6. The van der Waals surface area contributed by atoms with Crippen LogP contribution in [0.5, 0.6) is 0 Å². The molecule has 4 nitrogen and oxygen atoms in total. The Morgan fingerprint density at radius 2 is 1.71 bits per heavy atom. The molecule has 1 unspecified atom stereocenters. The van der Waals surface area contributed by atoms with Crippen LogP contribution in [-0.2, 0) is 0 Å². The first-order chi connectivity index (χ1) is 8.26. The molecule has 3 N–H and O–H groups in total. The minimum Gasteiger partial charge on any atom is -0.396 e. The first-order valence-corrected chi connectivity index (χ1v) is 7.02. The van der Waals surface area contributed by atoms with Crippen LogP contribution in [0.4, 0.5) is 0 Å². The van der Waals surface area contributed by atoms with Crippen molar-refractivity contribution in [2.24, 2.45) is 11.7 Å². The van der Waals surface area contributed by atoms with Gasteiger partial charge in [-0.2, -0.15) is 0 Å². The second-order valence-electron chi connectivity index (χ2n) is 5.28. The highest BCUT2D eigenvalue weighted by molar-refractivity contribution is 4.73. The minimum absolute atomic E-state index is 0.305. The summed E-state index contributed by atoms with van der Waals surface area (Å²) in [5.41, 5.74) is 5.48. The highest BCUT2D eigenvalue weighted by Crippen LogP contribution is 2.06. The molecule has 1 heterocycles. The van der Waals surface area contributed by atoms with E-state index >= 15 is 0 Å². The molecule has 0 saturated carbocycles. The van der Waals surface area contributed by atoms with Crippen molar-refractivity contribution < 1.29 is 5.11 Å². The summed E-state index contributed by atoms with van der Waals surface area (Å²) < 4.78 is 0. The predicted molar refractivity (Wildman–Crippen MR) is 72.0 cm³/mol. The lowest BCUT2D eigenvalue weighted by Gasteiger charge is -2.35. The van der Waals surface area contributed by atoms with E-state index < -0.39 is 0 Å². The van der Waals surface area contributed by atoms with E-state index in [1.807, 2.05) is 0 Å². The number of aliphatic hydroxyl groups excluding tert-OH is 1. The van der Waals surface area contributed by atoms with Gasteiger partial charge in [0.25, 0.3) is 0 Å². The molecule has 0 spiro atoms. The van der Waals surface area contributed by atoms with Gasteiger partial charge in [0.2, 0.25) is 0 Å². The SMILES string of the molecule is CC(CO)CN1CCN(CCCCCN)CC1. The van der Waals surface area contributed by atoms with Gasteiger partial charge in [-0.25, -0.2) is 0 Å². The van der Waals surface area contributed by atoms with Crippen LogP contribution >= 0.6 is 0 Å². The Bertz CT molecular complexity index is 182. The van der Waals surface area contributed by atoms with Crippen LogP contribution in [0.25, 0.3) is 0 Å². The van der Waals surface area contributed by atoms with E-state index in [0.717, 1.165) is 32.6 Å². The molecule has 1 saturated heterocycles. The summed E-state index contributed by atoms with van der Waals surface area (Å²) >= 11 is 0. The molecule has 0 radical (unpaired) electrons. The van der Waals surface area contributed by atoms with Crippen molar-refractivity contribution in [3.63, 3.8) is 0 Å². The summed E-state index contributed by atoms with van der Waals surface area (Å²) in [6.45, 7) is 10.2. The molecule has 0 aromatic heterocycles. The number of nitrogens with zero attached hydrogens (tertiary/aromatic N) is 2. The third kappa shape index (κ3) is 6.36. The Morgan fingerprint density at radius 3 is 2.29 bits per heavy atom. The molecule has 17 heavy (non-hydrogen) atoms. The zero-order valence-corrected chi connectivity index (χ0v) is 11.3. The third-order valence-corrected chi connectivity index (χ3v) is 3.52. The first kappa shape index (κ1) is 14.9. The van der Waals surface area contributed by atoms with Crippen molar-refractivity contribution in [1.29, 1.82) is 0 Å². The number of piperazine rings is 1. The van der Waals surface area contributed by atoms with Crippen molar-refractivity contribution in [2.45, 2.75) is 26.2 Å². The maximum absolute atomic E-state index is 9.04. The van der Waals surface area contributed by atoms with Crippen LogP contribution in [-0.4, -0.2) is 67.3 Å². The molecule has 0 amide bonds. The number of rotatable bonds is 8. The molecule has 4 heteroatoms. The van der Waals surface area contributed by atoms with Crippen LogP contribution in [0.2, 0.25) is 0 Å². The van der Waals surface area contributed by atoms with Crippen LogP contribution < -0.4 is 5.73 Å². The molecule has 102 valence electrons. The van der Waals surface area contributed by atoms with Gasteiger partial charge in [-0.1, -0.05) is 13.3 Å². The zero-order valence-electron chi connectivity index (χ0n) is 11.3. The molecule has 1 aliphatic rings. The van der Waals surface area contributed by atoms with Crippen LogP contribution in [0, 0.1) is 5.92 Å². The quantitative estimate of drug-likeness (QED) is 0.605. The van der Waals surface area contributed by atoms with Gasteiger partial charge in [-0.3, -0.25) is 0 Å². The van der Waals surface area contributed by atoms with Gasteiger partial charge < -0.3 is 20.6 Å². The topological polar surface area (TPSA) is 52.7 Å². The van der Waals surface area contributed by atoms with E-state index in [4.69, 9.17) is 10.8 Å². The van der Waals surface area contributed by atoms with Crippen molar-refractivity contribution in [3.05, 3.63) is 0 Å². The molecular formula is C13H29N3O. The van der Waals surface area contributed by atoms with E-state index in [1.54, 1.807) is 0 Å². The number of unbranched alkanes of at least 4 members (excludes halogenated alkanes) is 2. The van der Waals surface area contributed by atoms with Crippen LogP contribution in [0.15, 0.2) is 0 Å². The van der Waals surface area contributed by atoms with Gasteiger partial charge in [0.05, 0.1) is 0 Å².